The molecule has 0 aliphatic carbocycles. The van der Waals surface area contributed by atoms with Gasteiger partial charge < -0.3 is 24.8 Å². The number of carbonyl (C=O) groups is 4. The molecule has 26 heavy (non-hydrogen) atoms. The van der Waals surface area contributed by atoms with E-state index in [-0.39, 0.29) is 11.1 Å². The Balaban J connectivity index is 6.67. The summed E-state index contributed by atoms with van der Waals surface area (Å²) in [5.41, 5.74) is -2.93. The van der Waals surface area contributed by atoms with Gasteiger partial charge in [0, 0.05) is 23.3 Å². The summed E-state index contributed by atoms with van der Waals surface area (Å²) >= 11 is 0. The van der Waals surface area contributed by atoms with Crippen molar-refractivity contribution < 1.29 is 44.0 Å². The van der Waals surface area contributed by atoms with Crippen molar-refractivity contribution in [3.63, 3.8) is 0 Å². The Morgan fingerprint density at radius 3 is 1.69 bits per heavy atom. The third-order valence-corrected chi connectivity index (χ3v) is 3.10. The van der Waals surface area contributed by atoms with Crippen LogP contribution in [-0.2, 0) is 28.7 Å². The van der Waals surface area contributed by atoms with Crippen LogP contribution in [0.25, 0.3) is 0 Å². The van der Waals surface area contributed by atoms with Crippen molar-refractivity contribution in [2.45, 2.75) is 25.6 Å². The molecule has 0 aromatic rings. The third-order valence-electron chi connectivity index (χ3n) is 3.10. The Labute approximate surface area is 149 Å². The van der Waals surface area contributed by atoms with E-state index in [1.165, 1.54) is 0 Å². The minimum atomic E-state index is -2.22. The molecule has 0 aromatic heterocycles. The summed E-state index contributed by atoms with van der Waals surface area (Å²) in [5.74, 6) is -4.89. The standard InChI is InChI=1S/C17H20O9/c1-5-13(19)25-12(9-18)17(26-14(20)6-2,7-10(3)15(21)22)8-11(4)16(23)24/h5-8,12,18H,1-2,9H2,3-4H3,(H,21,22)(H,23,24). The van der Waals surface area contributed by atoms with E-state index in [9.17, 15) is 24.3 Å². The molecule has 1 unspecified atom stereocenters. The van der Waals surface area contributed by atoms with Crippen LogP contribution in [0.2, 0.25) is 0 Å². The predicted octanol–water partition coefficient (Wildman–Crippen LogP) is 0.606. The zero-order valence-electron chi connectivity index (χ0n) is 14.3. The van der Waals surface area contributed by atoms with Crippen molar-refractivity contribution in [2.24, 2.45) is 0 Å². The molecule has 0 saturated carbocycles. The van der Waals surface area contributed by atoms with Gasteiger partial charge >= 0.3 is 23.9 Å². The van der Waals surface area contributed by atoms with Gasteiger partial charge in [-0.1, -0.05) is 13.2 Å². The van der Waals surface area contributed by atoms with E-state index in [0.717, 1.165) is 38.2 Å². The molecule has 0 fully saturated rings. The topological polar surface area (TPSA) is 147 Å². The lowest BCUT2D eigenvalue weighted by atomic mass is 9.91. The van der Waals surface area contributed by atoms with E-state index in [1.807, 2.05) is 0 Å². The fraction of sp³-hybridized carbons (Fsp3) is 0.294. The Morgan fingerprint density at radius 1 is 0.962 bits per heavy atom. The second-order valence-corrected chi connectivity index (χ2v) is 5.06. The average Bonchev–Trinajstić information content (AvgIpc) is 2.58. The van der Waals surface area contributed by atoms with Crippen molar-refractivity contribution in [3.8, 4) is 0 Å². The highest BCUT2D eigenvalue weighted by Gasteiger charge is 2.42. The first-order valence-electron chi connectivity index (χ1n) is 7.17. The Hall–Kier alpha value is -3.20. The van der Waals surface area contributed by atoms with Crippen molar-refractivity contribution in [1.29, 1.82) is 0 Å². The summed E-state index contributed by atoms with van der Waals surface area (Å²) in [4.78, 5) is 45.7. The maximum absolute atomic E-state index is 11.8. The fourth-order valence-corrected chi connectivity index (χ4v) is 1.83. The van der Waals surface area contributed by atoms with Crippen LogP contribution < -0.4 is 0 Å². The van der Waals surface area contributed by atoms with Crippen molar-refractivity contribution in [1.82, 2.24) is 0 Å². The summed E-state index contributed by atoms with van der Waals surface area (Å²) in [7, 11) is 0. The van der Waals surface area contributed by atoms with Gasteiger partial charge in [-0.05, 0) is 26.0 Å². The van der Waals surface area contributed by atoms with Crippen LogP contribution >= 0.6 is 0 Å². The van der Waals surface area contributed by atoms with E-state index in [2.05, 4.69) is 13.2 Å². The number of carboxylic acid groups (broad SMARTS) is 2. The Bertz CT molecular complexity index is 640. The molecule has 9 heteroatoms. The minimum absolute atomic E-state index is 0.357. The second kappa shape index (κ2) is 9.94. The van der Waals surface area contributed by atoms with Gasteiger partial charge in [0.05, 0.1) is 6.61 Å². The van der Waals surface area contributed by atoms with Crippen LogP contribution in [0.15, 0.2) is 48.6 Å². The lowest BCUT2D eigenvalue weighted by molar-refractivity contribution is -0.169. The Kier molecular flexibility index (Phi) is 8.72. The number of carbonyl (C=O) groups excluding carboxylic acids is 2. The highest BCUT2D eigenvalue weighted by molar-refractivity contribution is 5.89. The van der Waals surface area contributed by atoms with E-state index >= 15 is 0 Å². The molecule has 0 aliphatic heterocycles. The van der Waals surface area contributed by atoms with Crippen LogP contribution in [0.3, 0.4) is 0 Å². The van der Waals surface area contributed by atoms with Gasteiger partial charge in [0.25, 0.3) is 0 Å². The average molecular weight is 368 g/mol. The van der Waals surface area contributed by atoms with Crippen LogP contribution in [0.5, 0.6) is 0 Å². The van der Waals surface area contributed by atoms with Crippen molar-refractivity contribution in [3.05, 3.63) is 48.6 Å². The molecule has 0 saturated heterocycles. The molecular formula is C17H20O9. The van der Waals surface area contributed by atoms with Crippen LogP contribution in [0.1, 0.15) is 13.8 Å². The quantitative estimate of drug-likeness (QED) is 0.372. The van der Waals surface area contributed by atoms with Crippen molar-refractivity contribution >= 4 is 23.9 Å². The maximum atomic E-state index is 11.8. The maximum Gasteiger partial charge on any atom is 0.331 e. The van der Waals surface area contributed by atoms with E-state index in [1.54, 1.807) is 0 Å². The van der Waals surface area contributed by atoms with Gasteiger partial charge in [0.15, 0.2) is 11.7 Å². The first-order chi connectivity index (χ1) is 12.0. The second-order valence-electron chi connectivity index (χ2n) is 5.06. The number of carboxylic acids is 2. The molecule has 0 heterocycles. The molecule has 0 aromatic carbocycles. The van der Waals surface area contributed by atoms with Gasteiger partial charge in [-0.15, -0.1) is 0 Å². The third kappa shape index (κ3) is 6.36. The first kappa shape index (κ1) is 22.8. The molecule has 0 amide bonds. The molecule has 0 rings (SSSR count). The highest BCUT2D eigenvalue weighted by Crippen LogP contribution is 2.27. The number of hydrogen-bond acceptors (Lipinski definition) is 7. The largest absolute Gasteiger partial charge is 0.478 e. The normalized spacial score (nSPS) is 15.2. The van der Waals surface area contributed by atoms with E-state index < -0.39 is 42.2 Å². The minimum Gasteiger partial charge on any atom is -0.478 e. The molecule has 142 valence electrons. The molecule has 0 spiro atoms. The van der Waals surface area contributed by atoms with Crippen LogP contribution in [0.4, 0.5) is 0 Å². The van der Waals surface area contributed by atoms with Gasteiger partial charge in [-0.2, -0.15) is 0 Å². The number of rotatable bonds is 10. The zero-order valence-corrected chi connectivity index (χ0v) is 14.3. The van der Waals surface area contributed by atoms with E-state index in [0.29, 0.717) is 0 Å². The number of aliphatic hydroxyl groups is 1. The predicted molar refractivity (Wildman–Crippen MR) is 89.0 cm³/mol. The SMILES string of the molecule is C=CC(=O)OC(CO)C(C=C(C)C(=O)O)(C=C(C)C(=O)O)OC(=O)C=C. The molecule has 0 radical (unpaired) electrons. The zero-order chi connectivity index (χ0) is 20.5. The summed E-state index contributed by atoms with van der Waals surface area (Å²) in [6, 6.07) is 0. The van der Waals surface area contributed by atoms with E-state index in [4.69, 9.17) is 19.7 Å². The first-order valence-corrected chi connectivity index (χ1v) is 7.17. The molecular weight excluding hydrogens is 348 g/mol. The number of esters is 2. The fourth-order valence-electron chi connectivity index (χ4n) is 1.83. The summed E-state index contributed by atoms with van der Waals surface area (Å²) in [6.07, 6.45) is 1.58. The van der Waals surface area contributed by atoms with Crippen LogP contribution in [-0.4, -0.2) is 57.5 Å². The highest BCUT2D eigenvalue weighted by atomic mass is 16.6. The summed E-state index contributed by atoms with van der Waals surface area (Å²) in [5, 5.41) is 27.8. The number of hydrogen-bond donors (Lipinski definition) is 3. The lowest BCUT2D eigenvalue weighted by Gasteiger charge is -2.34. The van der Waals surface area contributed by atoms with Gasteiger partial charge in [-0.3, -0.25) is 0 Å². The summed E-state index contributed by atoms with van der Waals surface area (Å²) < 4.78 is 10.0. The molecule has 3 N–H and O–H groups in total. The molecule has 0 bridgehead atoms. The lowest BCUT2D eigenvalue weighted by Crippen LogP contribution is -2.48. The monoisotopic (exact) mass is 368 g/mol. The smallest absolute Gasteiger partial charge is 0.331 e. The Morgan fingerprint density at radius 2 is 1.38 bits per heavy atom. The number of aliphatic hydroxyl groups excluding tert-OH is 1. The number of aliphatic carboxylic acids is 2. The van der Waals surface area contributed by atoms with Gasteiger partial charge in [-0.25, -0.2) is 19.2 Å². The molecule has 0 aliphatic rings. The molecule has 9 nitrogen and oxygen atoms in total. The van der Waals surface area contributed by atoms with Gasteiger partial charge in [0.1, 0.15) is 0 Å². The van der Waals surface area contributed by atoms with Crippen molar-refractivity contribution in [2.75, 3.05) is 6.61 Å². The number of ether oxygens (including phenoxy) is 2. The molecule has 1 atom stereocenters. The summed E-state index contributed by atoms with van der Waals surface area (Å²) in [6.45, 7) is 7.76. The van der Waals surface area contributed by atoms with Gasteiger partial charge in [0.2, 0.25) is 0 Å². The van der Waals surface area contributed by atoms with Crippen LogP contribution in [0, 0.1) is 0 Å².